The van der Waals surface area contributed by atoms with Gasteiger partial charge in [-0.1, -0.05) is 27.7 Å². The second-order valence-electron chi connectivity index (χ2n) is 5.74. The van der Waals surface area contributed by atoms with Crippen molar-refractivity contribution in [1.29, 1.82) is 0 Å². The van der Waals surface area contributed by atoms with Crippen molar-refractivity contribution in [3.8, 4) is 0 Å². The van der Waals surface area contributed by atoms with Crippen LogP contribution in [0.4, 0.5) is 0 Å². The minimum Gasteiger partial charge on any atom is -0.324 e. The molecule has 0 unspecified atom stereocenters. The summed E-state index contributed by atoms with van der Waals surface area (Å²) in [4.78, 5) is 2.60. The molecule has 1 aliphatic heterocycles. The zero-order valence-corrected chi connectivity index (χ0v) is 11.7. The van der Waals surface area contributed by atoms with Gasteiger partial charge in [-0.05, 0) is 44.1 Å². The quantitative estimate of drug-likeness (QED) is 0.754. The molecule has 0 saturated carbocycles. The van der Waals surface area contributed by atoms with E-state index >= 15 is 0 Å². The molecule has 0 aromatic carbocycles. The van der Waals surface area contributed by atoms with Crippen LogP contribution in [-0.2, 0) is 0 Å². The summed E-state index contributed by atoms with van der Waals surface area (Å²) in [5, 5.41) is 0. The molecular formula is C14H30N2. The van der Waals surface area contributed by atoms with Crippen LogP contribution in [0.25, 0.3) is 0 Å². The van der Waals surface area contributed by atoms with Crippen molar-refractivity contribution in [2.45, 2.75) is 65.3 Å². The largest absolute Gasteiger partial charge is 0.324 e. The second kappa shape index (κ2) is 5.50. The van der Waals surface area contributed by atoms with Crippen LogP contribution in [0.1, 0.15) is 59.8 Å². The second-order valence-corrected chi connectivity index (χ2v) is 5.74. The smallest absolute Gasteiger partial charge is 0.0278 e. The molecule has 16 heavy (non-hydrogen) atoms. The number of likely N-dealkylation sites (tertiary alicyclic amines) is 1. The van der Waals surface area contributed by atoms with Crippen LogP contribution in [0.15, 0.2) is 0 Å². The van der Waals surface area contributed by atoms with Gasteiger partial charge in [0, 0.05) is 18.6 Å². The number of hydrogen-bond donors (Lipinski definition) is 1. The fraction of sp³-hybridized carbons (Fsp3) is 1.00. The monoisotopic (exact) mass is 226 g/mol. The minimum atomic E-state index is 0.0392. The fourth-order valence-electron chi connectivity index (χ4n) is 2.91. The molecule has 1 aliphatic rings. The van der Waals surface area contributed by atoms with Crippen LogP contribution in [-0.4, -0.2) is 30.1 Å². The van der Waals surface area contributed by atoms with E-state index in [9.17, 15) is 0 Å². The molecule has 0 radical (unpaired) electrons. The van der Waals surface area contributed by atoms with Crippen LogP contribution in [0.3, 0.4) is 0 Å². The van der Waals surface area contributed by atoms with Gasteiger partial charge >= 0.3 is 0 Å². The molecule has 0 atom stereocenters. The molecule has 1 rings (SSSR count). The van der Waals surface area contributed by atoms with E-state index in [0.29, 0.717) is 5.41 Å². The summed E-state index contributed by atoms with van der Waals surface area (Å²) in [6.45, 7) is 12.7. The molecule has 1 saturated heterocycles. The lowest BCUT2D eigenvalue weighted by atomic mass is 9.82. The molecule has 1 heterocycles. The normalized spacial score (nSPS) is 21.6. The highest BCUT2D eigenvalue weighted by molar-refractivity contribution is 4.93. The maximum absolute atomic E-state index is 6.41. The Labute approximate surface area is 102 Å². The van der Waals surface area contributed by atoms with E-state index in [0.717, 1.165) is 19.4 Å². The Morgan fingerprint density at radius 2 is 1.69 bits per heavy atom. The van der Waals surface area contributed by atoms with Crippen molar-refractivity contribution >= 4 is 0 Å². The third-order valence-electron chi connectivity index (χ3n) is 4.96. The Bertz CT molecular complexity index is 205. The topological polar surface area (TPSA) is 29.3 Å². The van der Waals surface area contributed by atoms with Gasteiger partial charge in [-0.3, -0.25) is 0 Å². The molecule has 0 aliphatic carbocycles. The standard InChI is InChI=1S/C14H30N2/c1-5-13(6-2)9-10-16(11-13)12-14(15,7-3)8-4/h5-12,15H2,1-4H3. The summed E-state index contributed by atoms with van der Waals surface area (Å²) in [5.41, 5.74) is 7.03. The molecule has 2 N–H and O–H groups in total. The molecule has 2 nitrogen and oxygen atoms in total. The van der Waals surface area contributed by atoms with Crippen molar-refractivity contribution in [3.63, 3.8) is 0 Å². The molecule has 0 aromatic rings. The summed E-state index contributed by atoms with van der Waals surface area (Å²) in [5.74, 6) is 0. The van der Waals surface area contributed by atoms with Gasteiger partial charge in [-0.2, -0.15) is 0 Å². The number of nitrogens with two attached hydrogens (primary N) is 1. The first-order chi connectivity index (χ1) is 7.53. The van der Waals surface area contributed by atoms with Gasteiger partial charge < -0.3 is 10.6 Å². The molecule has 1 fully saturated rings. The fourth-order valence-corrected chi connectivity index (χ4v) is 2.91. The number of rotatable bonds is 6. The summed E-state index contributed by atoms with van der Waals surface area (Å²) >= 11 is 0. The van der Waals surface area contributed by atoms with Gasteiger partial charge in [-0.15, -0.1) is 0 Å². The maximum atomic E-state index is 6.41. The molecular weight excluding hydrogens is 196 g/mol. The summed E-state index contributed by atoms with van der Waals surface area (Å²) in [6, 6.07) is 0. The molecule has 0 amide bonds. The van der Waals surface area contributed by atoms with E-state index in [-0.39, 0.29) is 5.54 Å². The Hall–Kier alpha value is -0.0800. The first-order valence-electron chi connectivity index (χ1n) is 7.04. The summed E-state index contributed by atoms with van der Waals surface area (Å²) in [6.07, 6.45) is 6.17. The van der Waals surface area contributed by atoms with E-state index in [4.69, 9.17) is 5.73 Å². The Kier molecular flexibility index (Phi) is 4.81. The molecule has 0 aromatic heterocycles. The van der Waals surface area contributed by atoms with Gasteiger partial charge in [0.25, 0.3) is 0 Å². The zero-order chi connectivity index (χ0) is 12.2. The molecule has 2 heteroatoms. The lowest BCUT2D eigenvalue weighted by Crippen LogP contribution is -2.49. The van der Waals surface area contributed by atoms with E-state index in [1.807, 2.05) is 0 Å². The van der Waals surface area contributed by atoms with Crippen molar-refractivity contribution < 1.29 is 0 Å². The van der Waals surface area contributed by atoms with Gasteiger partial charge in [-0.25, -0.2) is 0 Å². The van der Waals surface area contributed by atoms with Crippen molar-refractivity contribution in [2.24, 2.45) is 11.1 Å². The van der Waals surface area contributed by atoms with Gasteiger partial charge in [0.2, 0.25) is 0 Å². The Balaban J connectivity index is 2.53. The SMILES string of the molecule is CCC(N)(CC)CN1CCC(CC)(CC)C1. The van der Waals surface area contributed by atoms with Crippen molar-refractivity contribution in [2.75, 3.05) is 19.6 Å². The summed E-state index contributed by atoms with van der Waals surface area (Å²) < 4.78 is 0. The van der Waals surface area contributed by atoms with Crippen LogP contribution in [0, 0.1) is 5.41 Å². The van der Waals surface area contributed by atoms with Gasteiger partial charge in [0.1, 0.15) is 0 Å². The zero-order valence-electron chi connectivity index (χ0n) is 11.7. The van der Waals surface area contributed by atoms with Gasteiger partial charge in [0.05, 0.1) is 0 Å². The molecule has 0 spiro atoms. The lowest BCUT2D eigenvalue weighted by Gasteiger charge is -2.33. The predicted molar refractivity (Wildman–Crippen MR) is 71.6 cm³/mol. The Morgan fingerprint density at radius 1 is 1.12 bits per heavy atom. The highest BCUT2D eigenvalue weighted by atomic mass is 15.2. The third kappa shape index (κ3) is 2.98. The first-order valence-corrected chi connectivity index (χ1v) is 7.04. The highest BCUT2D eigenvalue weighted by Crippen LogP contribution is 2.37. The number of nitrogens with zero attached hydrogens (tertiary/aromatic N) is 1. The average molecular weight is 226 g/mol. The van der Waals surface area contributed by atoms with Gasteiger partial charge in [0.15, 0.2) is 0 Å². The van der Waals surface area contributed by atoms with Crippen LogP contribution < -0.4 is 5.73 Å². The summed E-state index contributed by atoms with van der Waals surface area (Å²) in [7, 11) is 0. The average Bonchev–Trinajstić information content (AvgIpc) is 2.73. The maximum Gasteiger partial charge on any atom is 0.0278 e. The van der Waals surface area contributed by atoms with E-state index in [2.05, 4.69) is 32.6 Å². The molecule has 0 bridgehead atoms. The van der Waals surface area contributed by atoms with E-state index in [1.54, 1.807) is 0 Å². The molecule has 96 valence electrons. The van der Waals surface area contributed by atoms with E-state index < -0.39 is 0 Å². The van der Waals surface area contributed by atoms with Crippen LogP contribution in [0.2, 0.25) is 0 Å². The predicted octanol–water partition coefficient (Wildman–Crippen LogP) is 3.02. The van der Waals surface area contributed by atoms with Crippen LogP contribution in [0.5, 0.6) is 0 Å². The first kappa shape index (κ1) is 14.0. The third-order valence-corrected chi connectivity index (χ3v) is 4.96. The lowest BCUT2D eigenvalue weighted by molar-refractivity contribution is 0.196. The number of hydrogen-bond acceptors (Lipinski definition) is 2. The van der Waals surface area contributed by atoms with Crippen molar-refractivity contribution in [1.82, 2.24) is 4.90 Å². The Morgan fingerprint density at radius 3 is 2.06 bits per heavy atom. The van der Waals surface area contributed by atoms with E-state index in [1.165, 1.54) is 32.4 Å². The highest BCUT2D eigenvalue weighted by Gasteiger charge is 2.37. The minimum absolute atomic E-state index is 0.0392. The van der Waals surface area contributed by atoms with Crippen molar-refractivity contribution in [3.05, 3.63) is 0 Å². The van der Waals surface area contributed by atoms with Crippen LogP contribution >= 0.6 is 0 Å².